The second-order valence-electron chi connectivity index (χ2n) is 4.59. The van der Waals surface area contributed by atoms with Crippen molar-refractivity contribution in [2.24, 2.45) is 10.9 Å². The van der Waals surface area contributed by atoms with Crippen molar-refractivity contribution in [3.8, 4) is 0 Å². The molecule has 0 saturated carbocycles. The van der Waals surface area contributed by atoms with Crippen LogP contribution >= 0.6 is 12.4 Å². The van der Waals surface area contributed by atoms with E-state index in [1.165, 1.54) is 12.1 Å². The van der Waals surface area contributed by atoms with E-state index < -0.39 is 10.0 Å². The molecule has 0 aliphatic carbocycles. The van der Waals surface area contributed by atoms with Crippen LogP contribution in [0.3, 0.4) is 0 Å². The van der Waals surface area contributed by atoms with Crippen LogP contribution in [0.25, 0.3) is 0 Å². The molecule has 0 bridgehead atoms. The van der Waals surface area contributed by atoms with Gasteiger partial charge in [-0.05, 0) is 31.5 Å². The van der Waals surface area contributed by atoms with Crippen LogP contribution in [-0.2, 0) is 14.8 Å². The molecule has 8 heteroatoms. The van der Waals surface area contributed by atoms with Crippen LogP contribution in [0.5, 0.6) is 0 Å². The molecule has 0 spiro atoms. The third-order valence-corrected chi connectivity index (χ3v) is 3.48. The van der Waals surface area contributed by atoms with Gasteiger partial charge < -0.3 is 11.1 Å². The highest BCUT2D eigenvalue weighted by molar-refractivity contribution is 7.89. The van der Waals surface area contributed by atoms with E-state index in [4.69, 9.17) is 10.9 Å². The second-order valence-corrected chi connectivity index (χ2v) is 6.15. The number of hydrogen-bond donors (Lipinski definition) is 3. The first-order chi connectivity index (χ1) is 8.70. The number of hydrogen-bond acceptors (Lipinski definition) is 4. The van der Waals surface area contributed by atoms with Crippen LogP contribution in [0.2, 0.25) is 0 Å². The lowest BCUT2D eigenvalue weighted by atomic mass is 10.1. The van der Waals surface area contributed by atoms with Crippen molar-refractivity contribution in [1.29, 1.82) is 0 Å². The number of amides is 1. The molecular formula is C12H20ClN3O3S. The molecule has 0 radical (unpaired) electrons. The summed E-state index contributed by atoms with van der Waals surface area (Å²) in [4.78, 5) is 11.6. The normalized spacial score (nSPS) is 14.0. The Hall–Kier alpha value is -1.15. The summed E-state index contributed by atoms with van der Waals surface area (Å²) >= 11 is 0. The summed E-state index contributed by atoms with van der Waals surface area (Å²) in [6.07, 6.45) is 0.221. The van der Waals surface area contributed by atoms with Gasteiger partial charge in [0.1, 0.15) is 0 Å². The molecular weight excluding hydrogens is 302 g/mol. The quantitative estimate of drug-likeness (QED) is 0.739. The van der Waals surface area contributed by atoms with Crippen LogP contribution in [-0.4, -0.2) is 20.4 Å². The number of benzene rings is 1. The van der Waals surface area contributed by atoms with Gasteiger partial charge in [-0.15, -0.1) is 12.4 Å². The number of nitrogens with one attached hydrogen (secondary N) is 1. The third kappa shape index (κ3) is 5.87. The molecule has 1 aromatic rings. The van der Waals surface area contributed by atoms with Gasteiger partial charge in [0, 0.05) is 12.5 Å². The van der Waals surface area contributed by atoms with Crippen molar-refractivity contribution in [1.82, 2.24) is 5.32 Å². The van der Waals surface area contributed by atoms with E-state index in [1.807, 2.05) is 0 Å². The Bertz CT molecular complexity index is 561. The van der Waals surface area contributed by atoms with E-state index in [0.717, 1.165) is 0 Å². The maximum atomic E-state index is 11.6. The summed E-state index contributed by atoms with van der Waals surface area (Å²) in [5.74, 6) is -0.177. The molecule has 2 unspecified atom stereocenters. The molecule has 20 heavy (non-hydrogen) atoms. The van der Waals surface area contributed by atoms with Gasteiger partial charge >= 0.3 is 0 Å². The highest BCUT2D eigenvalue weighted by Crippen LogP contribution is 2.16. The van der Waals surface area contributed by atoms with Gasteiger partial charge in [0.2, 0.25) is 15.9 Å². The number of carbonyl (C=O) groups is 1. The lowest BCUT2D eigenvalue weighted by Gasteiger charge is -2.16. The molecule has 1 amide bonds. The average Bonchev–Trinajstić information content (AvgIpc) is 2.26. The van der Waals surface area contributed by atoms with Gasteiger partial charge in [0.25, 0.3) is 0 Å². The summed E-state index contributed by atoms with van der Waals surface area (Å²) in [5.41, 5.74) is 6.20. The largest absolute Gasteiger partial charge is 0.350 e. The minimum atomic E-state index is -3.74. The first-order valence-electron chi connectivity index (χ1n) is 5.88. The van der Waals surface area contributed by atoms with E-state index in [9.17, 15) is 13.2 Å². The van der Waals surface area contributed by atoms with E-state index >= 15 is 0 Å². The molecule has 0 fully saturated rings. The number of halogens is 1. The van der Waals surface area contributed by atoms with Crippen molar-refractivity contribution in [2.45, 2.75) is 37.2 Å². The van der Waals surface area contributed by atoms with Crippen molar-refractivity contribution >= 4 is 28.3 Å². The number of sulfonamides is 1. The summed E-state index contributed by atoms with van der Waals surface area (Å²) in [5, 5.41) is 7.81. The lowest BCUT2D eigenvalue weighted by Crippen LogP contribution is -2.31. The molecule has 1 aromatic carbocycles. The van der Waals surface area contributed by atoms with Crippen LogP contribution in [0.15, 0.2) is 29.2 Å². The van der Waals surface area contributed by atoms with Crippen LogP contribution in [0.4, 0.5) is 0 Å². The van der Waals surface area contributed by atoms with E-state index in [1.54, 1.807) is 26.0 Å². The van der Waals surface area contributed by atoms with Gasteiger partial charge in [-0.2, -0.15) is 0 Å². The topological polar surface area (TPSA) is 115 Å². The Balaban J connectivity index is 0.00000361. The molecule has 2 atom stereocenters. The maximum Gasteiger partial charge on any atom is 0.238 e. The lowest BCUT2D eigenvalue weighted by molar-refractivity contribution is -0.122. The second kappa shape index (κ2) is 7.58. The summed E-state index contributed by atoms with van der Waals surface area (Å²) < 4.78 is 22.5. The molecule has 114 valence electrons. The highest BCUT2D eigenvalue weighted by atomic mass is 35.5. The average molecular weight is 322 g/mol. The first kappa shape index (κ1) is 18.9. The van der Waals surface area contributed by atoms with Gasteiger partial charge in [0.05, 0.1) is 10.9 Å². The third-order valence-electron chi connectivity index (χ3n) is 2.57. The molecule has 6 nitrogen and oxygen atoms in total. The van der Waals surface area contributed by atoms with Crippen molar-refractivity contribution < 1.29 is 13.2 Å². The van der Waals surface area contributed by atoms with E-state index in [-0.39, 0.29) is 41.7 Å². The Morgan fingerprint density at radius 1 is 1.35 bits per heavy atom. The molecule has 0 saturated heterocycles. The van der Waals surface area contributed by atoms with Crippen LogP contribution in [0, 0.1) is 0 Å². The SMILES string of the molecule is CC(N)CC(=O)NC(C)c1cccc(S(N)(=O)=O)c1.Cl. The van der Waals surface area contributed by atoms with Crippen LogP contribution in [0.1, 0.15) is 31.9 Å². The number of carbonyl (C=O) groups excluding carboxylic acids is 1. The van der Waals surface area contributed by atoms with E-state index in [0.29, 0.717) is 5.56 Å². The summed E-state index contributed by atoms with van der Waals surface area (Å²) in [7, 11) is -3.74. The standard InChI is InChI=1S/C12H19N3O3S.ClH/c1-8(13)6-12(16)15-9(2)10-4-3-5-11(7-10)19(14,17)18;/h3-5,7-9H,6,13H2,1-2H3,(H,15,16)(H2,14,17,18);1H. The van der Waals surface area contributed by atoms with Crippen molar-refractivity contribution in [3.63, 3.8) is 0 Å². The first-order valence-corrected chi connectivity index (χ1v) is 7.42. The Kier molecular flexibility index (Phi) is 7.15. The van der Waals surface area contributed by atoms with Gasteiger partial charge in [-0.25, -0.2) is 13.6 Å². The van der Waals surface area contributed by atoms with Crippen molar-refractivity contribution in [3.05, 3.63) is 29.8 Å². The van der Waals surface area contributed by atoms with Gasteiger partial charge in [-0.3, -0.25) is 4.79 Å². The Morgan fingerprint density at radius 3 is 2.45 bits per heavy atom. The van der Waals surface area contributed by atoms with Gasteiger partial charge in [-0.1, -0.05) is 12.1 Å². The zero-order valence-electron chi connectivity index (χ0n) is 11.4. The minimum absolute atomic E-state index is 0. The molecule has 1 rings (SSSR count). The predicted molar refractivity (Wildman–Crippen MR) is 79.9 cm³/mol. The minimum Gasteiger partial charge on any atom is -0.350 e. The fourth-order valence-corrected chi connectivity index (χ4v) is 2.21. The zero-order chi connectivity index (χ0) is 14.6. The highest BCUT2D eigenvalue weighted by Gasteiger charge is 2.14. The molecule has 0 heterocycles. The number of nitrogens with two attached hydrogens (primary N) is 2. The molecule has 0 aromatic heterocycles. The Labute approximate surface area is 125 Å². The summed E-state index contributed by atoms with van der Waals surface area (Å²) in [6, 6.07) is 5.65. The fourth-order valence-electron chi connectivity index (χ4n) is 1.64. The van der Waals surface area contributed by atoms with Crippen molar-refractivity contribution in [2.75, 3.05) is 0 Å². The number of rotatable bonds is 5. The summed E-state index contributed by atoms with van der Waals surface area (Å²) in [6.45, 7) is 3.51. The number of primary sulfonamides is 1. The van der Waals surface area contributed by atoms with E-state index in [2.05, 4.69) is 5.32 Å². The van der Waals surface area contributed by atoms with Crippen LogP contribution < -0.4 is 16.2 Å². The predicted octanol–water partition coefficient (Wildman–Crippen LogP) is 0.670. The molecule has 0 aliphatic heterocycles. The maximum absolute atomic E-state index is 11.6. The molecule has 5 N–H and O–H groups in total. The zero-order valence-corrected chi connectivity index (χ0v) is 13.0. The smallest absolute Gasteiger partial charge is 0.238 e. The van der Waals surface area contributed by atoms with Gasteiger partial charge in [0.15, 0.2) is 0 Å². The molecule has 0 aliphatic rings. The fraction of sp³-hybridized carbons (Fsp3) is 0.417. The monoisotopic (exact) mass is 321 g/mol. The Morgan fingerprint density at radius 2 is 1.95 bits per heavy atom.